The lowest BCUT2D eigenvalue weighted by Gasteiger charge is -2.22. The molecule has 23 heavy (non-hydrogen) atoms. The van der Waals surface area contributed by atoms with Gasteiger partial charge in [-0.25, -0.2) is 0 Å². The SMILES string of the molecule is CC1Cc2ccccc2N1C(=O)C(=O)NCCc1ccccc1. The molecule has 1 N–H and O–H groups in total. The highest BCUT2D eigenvalue weighted by Gasteiger charge is 2.33. The van der Waals surface area contributed by atoms with Gasteiger partial charge >= 0.3 is 11.8 Å². The average Bonchev–Trinajstić information content (AvgIpc) is 2.90. The van der Waals surface area contributed by atoms with Crippen LogP contribution in [0.2, 0.25) is 0 Å². The topological polar surface area (TPSA) is 49.4 Å². The molecule has 2 aromatic carbocycles. The van der Waals surface area contributed by atoms with Crippen LogP contribution in [0.5, 0.6) is 0 Å². The van der Waals surface area contributed by atoms with Crippen LogP contribution in [0.1, 0.15) is 18.1 Å². The second-order valence-electron chi connectivity index (χ2n) is 5.85. The zero-order valence-corrected chi connectivity index (χ0v) is 13.2. The van der Waals surface area contributed by atoms with Gasteiger partial charge in [0.15, 0.2) is 0 Å². The molecule has 1 aliphatic rings. The molecule has 0 saturated heterocycles. The van der Waals surface area contributed by atoms with E-state index in [2.05, 4.69) is 5.32 Å². The number of carbonyl (C=O) groups excluding carboxylic acids is 2. The Morgan fingerprint density at radius 2 is 1.78 bits per heavy atom. The Labute approximate surface area is 136 Å². The van der Waals surface area contributed by atoms with Crippen LogP contribution in [-0.4, -0.2) is 24.4 Å². The average molecular weight is 308 g/mol. The Morgan fingerprint density at radius 3 is 2.57 bits per heavy atom. The fraction of sp³-hybridized carbons (Fsp3) is 0.263. The highest BCUT2D eigenvalue weighted by Crippen LogP contribution is 2.31. The Bertz CT molecular complexity index is 712. The van der Waals surface area contributed by atoms with Gasteiger partial charge in [0.05, 0.1) is 0 Å². The van der Waals surface area contributed by atoms with Crippen LogP contribution in [0, 0.1) is 0 Å². The molecule has 1 heterocycles. The Hall–Kier alpha value is -2.62. The van der Waals surface area contributed by atoms with Crippen molar-refractivity contribution in [2.45, 2.75) is 25.8 Å². The molecule has 0 aromatic heterocycles. The summed E-state index contributed by atoms with van der Waals surface area (Å²) >= 11 is 0. The first-order valence-electron chi connectivity index (χ1n) is 7.90. The van der Waals surface area contributed by atoms with Gasteiger partial charge in [-0.15, -0.1) is 0 Å². The van der Waals surface area contributed by atoms with E-state index in [-0.39, 0.29) is 6.04 Å². The molecule has 0 radical (unpaired) electrons. The van der Waals surface area contributed by atoms with E-state index in [1.807, 2.05) is 61.5 Å². The largest absolute Gasteiger partial charge is 0.347 e. The van der Waals surface area contributed by atoms with Crippen molar-refractivity contribution < 1.29 is 9.59 Å². The minimum Gasteiger partial charge on any atom is -0.347 e. The van der Waals surface area contributed by atoms with Crippen LogP contribution in [0.25, 0.3) is 0 Å². The Morgan fingerprint density at radius 1 is 1.09 bits per heavy atom. The predicted molar refractivity (Wildman–Crippen MR) is 90.2 cm³/mol. The van der Waals surface area contributed by atoms with Gasteiger partial charge in [-0.3, -0.25) is 9.59 Å². The highest BCUT2D eigenvalue weighted by atomic mass is 16.2. The summed E-state index contributed by atoms with van der Waals surface area (Å²) in [4.78, 5) is 26.3. The smallest absolute Gasteiger partial charge is 0.316 e. The normalized spacial score (nSPS) is 16.0. The number of hydrogen-bond donors (Lipinski definition) is 1. The van der Waals surface area contributed by atoms with Gasteiger partial charge in [0.2, 0.25) is 0 Å². The van der Waals surface area contributed by atoms with Gasteiger partial charge in [-0.05, 0) is 37.0 Å². The standard InChI is InChI=1S/C19H20N2O2/c1-14-13-16-9-5-6-10-17(16)21(14)19(23)18(22)20-12-11-15-7-3-2-4-8-15/h2-10,14H,11-13H2,1H3,(H,20,22). The zero-order valence-electron chi connectivity index (χ0n) is 13.2. The number of amides is 2. The van der Waals surface area contributed by atoms with Crippen LogP contribution in [-0.2, 0) is 22.4 Å². The van der Waals surface area contributed by atoms with Crippen LogP contribution >= 0.6 is 0 Å². The van der Waals surface area contributed by atoms with E-state index < -0.39 is 11.8 Å². The predicted octanol–water partition coefficient (Wildman–Crippen LogP) is 2.32. The van der Waals surface area contributed by atoms with E-state index >= 15 is 0 Å². The molecule has 4 nitrogen and oxygen atoms in total. The summed E-state index contributed by atoms with van der Waals surface area (Å²) in [6.07, 6.45) is 1.51. The van der Waals surface area contributed by atoms with E-state index in [0.717, 1.165) is 23.2 Å². The molecule has 0 bridgehead atoms. The lowest BCUT2D eigenvalue weighted by Crippen LogP contribution is -2.46. The number of carbonyl (C=O) groups is 2. The minimum atomic E-state index is -0.538. The fourth-order valence-electron chi connectivity index (χ4n) is 3.03. The number of nitrogens with one attached hydrogen (secondary N) is 1. The first-order valence-corrected chi connectivity index (χ1v) is 7.90. The lowest BCUT2D eigenvalue weighted by molar-refractivity contribution is -0.137. The van der Waals surface area contributed by atoms with Gasteiger partial charge in [0, 0.05) is 18.3 Å². The van der Waals surface area contributed by atoms with Crippen molar-refractivity contribution in [3.63, 3.8) is 0 Å². The number of anilines is 1. The molecule has 118 valence electrons. The van der Waals surface area contributed by atoms with E-state index in [0.29, 0.717) is 13.0 Å². The van der Waals surface area contributed by atoms with E-state index in [4.69, 9.17) is 0 Å². The van der Waals surface area contributed by atoms with Crippen molar-refractivity contribution in [3.05, 3.63) is 65.7 Å². The van der Waals surface area contributed by atoms with Crippen molar-refractivity contribution in [2.24, 2.45) is 0 Å². The van der Waals surface area contributed by atoms with Gasteiger partial charge in [0.1, 0.15) is 0 Å². The first-order chi connectivity index (χ1) is 11.2. The maximum atomic E-state index is 12.5. The molecule has 0 aliphatic carbocycles. The fourth-order valence-corrected chi connectivity index (χ4v) is 3.03. The lowest BCUT2D eigenvalue weighted by atomic mass is 10.1. The van der Waals surface area contributed by atoms with Crippen molar-refractivity contribution in [3.8, 4) is 0 Å². The molecule has 0 saturated carbocycles. The van der Waals surface area contributed by atoms with Crippen molar-refractivity contribution in [1.82, 2.24) is 5.32 Å². The molecule has 0 spiro atoms. The van der Waals surface area contributed by atoms with E-state index in [9.17, 15) is 9.59 Å². The summed E-state index contributed by atoms with van der Waals surface area (Å²) in [6.45, 7) is 2.42. The number of para-hydroxylation sites is 1. The second-order valence-corrected chi connectivity index (χ2v) is 5.85. The molecule has 1 unspecified atom stereocenters. The summed E-state index contributed by atoms with van der Waals surface area (Å²) in [5, 5.41) is 2.73. The Kier molecular flexibility index (Phi) is 4.42. The maximum absolute atomic E-state index is 12.5. The minimum absolute atomic E-state index is 0.0137. The van der Waals surface area contributed by atoms with E-state index in [1.165, 1.54) is 0 Å². The highest BCUT2D eigenvalue weighted by molar-refractivity contribution is 6.40. The quantitative estimate of drug-likeness (QED) is 0.885. The third-order valence-electron chi connectivity index (χ3n) is 4.16. The number of fused-ring (bicyclic) bond motifs is 1. The molecular formula is C19H20N2O2. The Balaban J connectivity index is 1.61. The van der Waals surface area contributed by atoms with Gasteiger partial charge in [-0.2, -0.15) is 0 Å². The van der Waals surface area contributed by atoms with Crippen LogP contribution in [0.3, 0.4) is 0 Å². The van der Waals surface area contributed by atoms with Crippen LogP contribution < -0.4 is 10.2 Å². The number of nitrogens with zero attached hydrogens (tertiary/aromatic N) is 1. The van der Waals surface area contributed by atoms with Gasteiger partial charge < -0.3 is 10.2 Å². The summed E-state index contributed by atoms with van der Waals surface area (Å²) < 4.78 is 0. The van der Waals surface area contributed by atoms with Crippen molar-refractivity contribution in [2.75, 3.05) is 11.4 Å². The number of rotatable bonds is 3. The third kappa shape index (κ3) is 3.26. The molecule has 2 aromatic rings. The van der Waals surface area contributed by atoms with Gasteiger partial charge in [0.25, 0.3) is 0 Å². The summed E-state index contributed by atoms with van der Waals surface area (Å²) in [7, 11) is 0. The first kappa shape index (κ1) is 15.3. The molecule has 0 fully saturated rings. The van der Waals surface area contributed by atoms with E-state index in [1.54, 1.807) is 4.90 Å². The molecule has 4 heteroatoms. The third-order valence-corrected chi connectivity index (χ3v) is 4.16. The summed E-state index contributed by atoms with van der Waals surface area (Å²) in [5.41, 5.74) is 3.11. The van der Waals surface area contributed by atoms with Crippen molar-refractivity contribution in [1.29, 1.82) is 0 Å². The second kappa shape index (κ2) is 6.65. The molecule has 1 aliphatic heterocycles. The summed E-state index contributed by atoms with van der Waals surface area (Å²) in [5.74, 6) is -1.01. The van der Waals surface area contributed by atoms with Crippen LogP contribution in [0.15, 0.2) is 54.6 Å². The number of hydrogen-bond acceptors (Lipinski definition) is 2. The summed E-state index contributed by atoms with van der Waals surface area (Å²) in [6, 6.07) is 17.7. The molecule has 2 amide bonds. The zero-order chi connectivity index (χ0) is 16.2. The monoisotopic (exact) mass is 308 g/mol. The van der Waals surface area contributed by atoms with Gasteiger partial charge in [-0.1, -0.05) is 48.5 Å². The molecular weight excluding hydrogens is 288 g/mol. The molecule has 3 rings (SSSR count). The molecule has 1 atom stereocenters. The number of benzene rings is 2. The maximum Gasteiger partial charge on any atom is 0.316 e. The van der Waals surface area contributed by atoms with Crippen LogP contribution in [0.4, 0.5) is 5.69 Å². The van der Waals surface area contributed by atoms with Crippen molar-refractivity contribution >= 4 is 17.5 Å².